The van der Waals surface area contributed by atoms with E-state index in [9.17, 15) is 29.4 Å². The van der Waals surface area contributed by atoms with Gasteiger partial charge in [-0.3, -0.25) is 30.4 Å². The largest absolute Gasteiger partial charge is 0.482 e. The highest BCUT2D eigenvalue weighted by Crippen LogP contribution is 2.29. The summed E-state index contributed by atoms with van der Waals surface area (Å²) < 4.78 is 18.9. The van der Waals surface area contributed by atoms with Gasteiger partial charge in [0.05, 0.1) is 32.8 Å². The van der Waals surface area contributed by atoms with E-state index >= 15 is 0 Å². The third-order valence-electron chi connectivity index (χ3n) is 4.25. The molecule has 0 fully saturated rings. The van der Waals surface area contributed by atoms with Crippen LogP contribution < -0.4 is 15.5 Å². The number of nitro groups is 2. The Labute approximate surface area is 196 Å². The van der Waals surface area contributed by atoms with Crippen molar-refractivity contribution in [1.82, 2.24) is 0 Å². The topological polar surface area (TPSA) is 149 Å². The van der Waals surface area contributed by atoms with Crippen LogP contribution in [0.3, 0.4) is 0 Å². The fraction of sp³-hybridized carbons (Fsp3) is 0.0476. The van der Waals surface area contributed by atoms with Crippen molar-refractivity contribution >= 4 is 46.5 Å². The van der Waals surface area contributed by atoms with Gasteiger partial charge in [0.15, 0.2) is 6.61 Å². The maximum atomic E-state index is 13.6. The number of hydrogen-bond donors (Lipinski definition) is 2. The minimum Gasteiger partial charge on any atom is -0.482 e. The summed E-state index contributed by atoms with van der Waals surface area (Å²) in [6.45, 7) is -0.410. The molecule has 0 radical (unpaired) electrons. The normalized spacial score (nSPS) is 10.6. The third-order valence-corrected chi connectivity index (χ3v) is 4.55. The lowest BCUT2D eigenvalue weighted by atomic mass is 10.2. The molecule has 3 rings (SSSR count). The zero-order chi connectivity index (χ0) is 24.7. The number of hydrazone groups is 1. The fourth-order valence-corrected chi connectivity index (χ4v) is 2.91. The second-order valence-corrected chi connectivity index (χ2v) is 7.00. The van der Waals surface area contributed by atoms with Crippen LogP contribution in [0.4, 0.5) is 27.1 Å². The lowest BCUT2D eigenvalue weighted by Gasteiger charge is -2.09. The number of para-hydroxylation sites is 1. The number of nitrogens with zero attached hydrogens (tertiary/aromatic N) is 3. The first-order chi connectivity index (χ1) is 16.2. The first kappa shape index (κ1) is 24.1. The van der Waals surface area contributed by atoms with Gasteiger partial charge in [0, 0.05) is 6.07 Å². The molecule has 0 heterocycles. The van der Waals surface area contributed by atoms with Crippen LogP contribution in [0.25, 0.3) is 0 Å². The van der Waals surface area contributed by atoms with E-state index in [2.05, 4.69) is 15.8 Å². The summed E-state index contributed by atoms with van der Waals surface area (Å²) in [6, 6.07) is 13.3. The highest BCUT2D eigenvalue weighted by atomic mass is 35.5. The molecule has 34 heavy (non-hydrogen) atoms. The monoisotopic (exact) mass is 487 g/mol. The van der Waals surface area contributed by atoms with E-state index in [1.165, 1.54) is 42.6 Å². The maximum Gasteiger partial charge on any atom is 0.301 e. The molecule has 0 saturated carbocycles. The average Bonchev–Trinajstić information content (AvgIpc) is 2.80. The summed E-state index contributed by atoms with van der Waals surface area (Å²) in [4.78, 5) is 32.4. The molecule has 0 atom stereocenters. The SMILES string of the molecule is O=C(COc1ccc(C=NNc2ccc([N+](=O)[O-])cc2[N+](=O)[O-])cc1Cl)Nc1ccccc1F. The van der Waals surface area contributed by atoms with Crippen molar-refractivity contribution in [1.29, 1.82) is 0 Å². The molecular formula is C21H15ClFN5O6. The van der Waals surface area contributed by atoms with Gasteiger partial charge in [0.25, 0.3) is 11.6 Å². The maximum absolute atomic E-state index is 13.6. The molecule has 3 aromatic carbocycles. The number of carbonyl (C=O) groups is 1. The van der Waals surface area contributed by atoms with Gasteiger partial charge in [-0.2, -0.15) is 5.10 Å². The smallest absolute Gasteiger partial charge is 0.301 e. The number of amides is 1. The molecule has 2 N–H and O–H groups in total. The number of nitro benzene ring substituents is 2. The minimum absolute atomic E-state index is 0.0227. The van der Waals surface area contributed by atoms with Gasteiger partial charge in [0.1, 0.15) is 17.3 Å². The quantitative estimate of drug-likeness (QED) is 0.251. The van der Waals surface area contributed by atoms with Crippen LogP contribution in [0.15, 0.2) is 65.8 Å². The van der Waals surface area contributed by atoms with E-state index in [0.717, 1.165) is 12.1 Å². The van der Waals surface area contributed by atoms with Crippen molar-refractivity contribution in [3.8, 4) is 5.75 Å². The molecule has 0 aromatic heterocycles. The van der Waals surface area contributed by atoms with Crippen LogP contribution in [-0.4, -0.2) is 28.6 Å². The van der Waals surface area contributed by atoms with Gasteiger partial charge in [-0.05, 0) is 42.0 Å². The molecular weight excluding hydrogens is 473 g/mol. The van der Waals surface area contributed by atoms with Crippen molar-refractivity contribution in [3.05, 3.63) is 97.3 Å². The van der Waals surface area contributed by atoms with Crippen LogP contribution in [0.5, 0.6) is 5.75 Å². The van der Waals surface area contributed by atoms with Crippen LogP contribution in [-0.2, 0) is 4.79 Å². The highest BCUT2D eigenvalue weighted by molar-refractivity contribution is 6.32. The average molecular weight is 488 g/mol. The number of hydrogen-bond acceptors (Lipinski definition) is 8. The Morgan fingerprint density at radius 2 is 1.82 bits per heavy atom. The van der Waals surface area contributed by atoms with Gasteiger partial charge in [-0.15, -0.1) is 0 Å². The zero-order valence-corrected chi connectivity index (χ0v) is 17.9. The molecule has 0 saturated heterocycles. The summed E-state index contributed by atoms with van der Waals surface area (Å²) in [5.74, 6) is -0.965. The first-order valence-corrected chi connectivity index (χ1v) is 9.81. The first-order valence-electron chi connectivity index (χ1n) is 9.43. The number of ether oxygens (including phenoxy) is 1. The van der Waals surface area contributed by atoms with E-state index in [1.54, 1.807) is 12.1 Å². The van der Waals surface area contributed by atoms with E-state index in [-0.39, 0.29) is 22.1 Å². The number of halogens is 2. The number of carbonyl (C=O) groups excluding carboxylic acids is 1. The summed E-state index contributed by atoms with van der Waals surface area (Å²) in [6.07, 6.45) is 1.31. The van der Waals surface area contributed by atoms with E-state index in [1.807, 2.05) is 0 Å². The Bertz CT molecular complexity index is 1290. The zero-order valence-electron chi connectivity index (χ0n) is 17.1. The lowest BCUT2D eigenvalue weighted by Crippen LogP contribution is -2.20. The molecule has 0 spiro atoms. The van der Waals surface area contributed by atoms with Crippen molar-refractivity contribution in [2.24, 2.45) is 5.10 Å². The second kappa shape index (κ2) is 10.8. The van der Waals surface area contributed by atoms with Gasteiger partial charge in [0.2, 0.25) is 0 Å². The van der Waals surface area contributed by atoms with Gasteiger partial charge >= 0.3 is 5.69 Å². The molecule has 0 aliphatic rings. The highest BCUT2D eigenvalue weighted by Gasteiger charge is 2.19. The number of rotatable bonds is 9. The van der Waals surface area contributed by atoms with E-state index < -0.39 is 39.6 Å². The Morgan fingerprint density at radius 3 is 2.50 bits per heavy atom. The van der Waals surface area contributed by atoms with Crippen LogP contribution in [0, 0.1) is 26.0 Å². The summed E-state index contributed by atoms with van der Waals surface area (Å²) in [7, 11) is 0. The molecule has 174 valence electrons. The van der Waals surface area contributed by atoms with Crippen LogP contribution in [0.1, 0.15) is 5.56 Å². The molecule has 1 amide bonds. The van der Waals surface area contributed by atoms with Crippen LogP contribution in [0.2, 0.25) is 5.02 Å². The predicted molar refractivity (Wildman–Crippen MR) is 123 cm³/mol. The number of nitrogens with one attached hydrogen (secondary N) is 2. The molecule has 13 heteroatoms. The number of non-ortho nitro benzene ring substituents is 1. The van der Waals surface area contributed by atoms with Gasteiger partial charge in [-0.1, -0.05) is 23.7 Å². The summed E-state index contributed by atoms with van der Waals surface area (Å²) >= 11 is 6.16. The Morgan fingerprint density at radius 1 is 1.06 bits per heavy atom. The molecule has 0 aliphatic carbocycles. The summed E-state index contributed by atoms with van der Waals surface area (Å²) in [5, 5.41) is 28.4. The number of anilines is 2. The molecule has 0 bridgehead atoms. The lowest BCUT2D eigenvalue weighted by molar-refractivity contribution is -0.393. The Kier molecular flexibility index (Phi) is 7.67. The Hall–Kier alpha value is -4.58. The third kappa shape index (κ3) is 6.23. The second-order valence-electron chi connectivity index (χ2n) is 6.59. The number of benzene rings is 3. The van der Waals surface area contributed by atoms with Crippen molar-refractivity contribution in [2.75, 3.05) is 17.3 Å². The fourth-order valence-electron chi connectivity index (χ4n) is 2.66. The van der Waals surface area contributed by atoms with Crippen LogP contribution >= 0.6 is 11.6 Å². The Balaban J connectivity index is 1.61. The standard InChI is InChI=1S/C21H15ClFN5O6/c22-15-9-13(11-24-26-18-7-6-14(27(30)31)10-19(18)28(32)33)5-8-20(15)34-12-21(29)25-17-4-2-1-3-16(17)23/h1-11,26H,12H2,(H,25,29). The van der Waals surface area contributed by atoms with Gasteiger partial charge < -0.3 is 10.1 Å². The molecule has 0 unspecified atom stereocenters. The molecule has 11 nitrogen and oxygen atoms in total. The van der Waals surface area contributed by atoms with Crippen molar-refractivity contribution in [3.63, 3.8) is 0 Å². The molecule has 3 aromatic rings. The van der Waals surface area contributed by atoms with Crippen molar-refractivity contribution < 1.29 is 23.8 Å². The van der Waals surface area contributed by atoms with E-state index in [4.69, 9.17) is 16.3 Å². The molecule has 0 aliphatic heterocycles. The predicted octanol–water partition coefficient (Wildman–Crippen LogP) is 4.76. The minimum atomic E-state index is -0.768. The summed E-state index contributed by atoms with van der Waals surface area (Å²) in [5.41, 5.74) is 1.99. The van der Waals surface area contributed by atoms with Gasteiger partial charge in [-0.25, -0.2) is 4.39 Å². The van der Waals surface area contributed by atoms with E-state index in [0.29, 0.717) is 5.56 Å². The van der Waals surface area contributed by atoms with Crippen molar-refractivity contribution in [2.45, 2.75) is 0 Å².